The molecule has 2 aliphatic heterocycles. The molecule has 0 aromatic rings. The Kier molecular flexibility index (Phi) is 4.82. The van der Waals surface area contributed by atoms with Gasteiger partial charge >= 0.3 is 12.0 Å². The monoisotopic (exact) mass is 285 g/mol. The summed E-state index contributed by atoms with van der Waals surface area (Å²) in [7, 11) is 1.68. The molecule has 0 bridgehead atoms. The van der Waals surface area contributed by atoms with E-state index in [0.29, 0.717) is 6.54 Å². The summed E-state index contributed by atoms with van der Waals surface area (Å²) in [6.45, 7) is 3.64. The van der Waals surface area contributed by atoms with Crippen LogP contribution in [0, 0.1) is 0 Å². The van der Waals surface area contributed by atoms with Gasteiger partial charge in [0.2, 0.25) is 0 Å². The number of likely N-dealkylation sites (N-methyl/N-ethyl adjacent to an activating group) is 1. The average molecular weight is 285 g/mol. The van der Waals surface area contributed by atoms with E-state index in [4.69, 9.17) is 5.11 Å². The predicted molar refractivity (Wildman–Crippen MR) is 72.5 cm³/mol. The Morgan fingerprint density at radius 3 is 2.55 bits per heavy atom. The van der Waals surface area contributed by atoms with Gasteiger partial charge in [-0.05, 0) is 25.9 Å². The molecule has 7 heteroatoms. The number of carbonyl (C=O) groups excluding carboxylic acids is 1. The van der Waals surface area contributed by atoms with Gasteiger partial charge in [-0.15, -0.1) is 0 Å². The molecule has 0 aromatic heterocycles. The number of aliphatic carboxylic acids is 1. The van der Waals surface area contributed by atoms with Crippen molar-refractivity contribution >= 4 is 12.0 Å². The number of β-amino-alcohol motifs (C(OH)–C–C–N with tert-alkyl or cyclic N) is 1. The second kappa shape index (κ2) is 6.41. The van der Waals surface area contributed by atoms with Crippen molar-refractivity contribution in [2.24, 2.45) is 0 Å². The summed E-state index contributed by atoms with van der Waals surface area (Å²) in [5.41, 5.74) is 0. The fourth-order valence-electron chi connectivity index (χ4n) is 2.87. The Morgan fingerprint density at radius 2 is 1.95 bits per heavy atom. The van der Waals surface area contributed by atoms with Crippen LogP contribution in [0.3, 0.4) is 0 Å². The number of likely N-dealkylation sites (tertiary alicyclic amines) is 2. The topological polar surface area (TPSA) is 84.3 Å². The van der Waals surface area contributed by atoms with Crippen LogP contribution < -0.4 is 0 Å². The van der Waals surface area contributed by atoms with Gasteiger partial charge in [-0.1, -0.05) is 0 Å². The lowest BCUT2D eigenvalue weighted by molar-refractivity contribution is -0.141. The average Bonchev–Trinajstić information content (AvgIpc) is 3.03. The van der Waals surface area contributed by atoms with E-state index in [1.54, 1.807) is 11.9 Å². The molecule has 2 amide bonds. The number of carbonyl (C=O) groups is 2. The van der Waals surface area contributed by atoms with Crippen LogP contribution in [0.2, 0.25) is 0 Å². The molecule has 2 rings (SSSR count). The summed E-state index contributed by atoms with van der Waals surface area (Å²) in [6.07, 6.45) is 1.78. The molecule has 0 unspecified atom stereocenters. The van der Waals surface area contributed by atoms with Crippen molar-refractivity contribution < 1.29 is 19.8 Å². The number of aliphatic hydroxyl groups excluding tert-OH is 1. The summed E-state index contributed by atoms with van der Waals surface area (Å²) in [4.78, 5) is 28.5. The SMILES string of the molecule is CN(CCN1CCCC1)C(=O)N1C[C@H](O)C[C@H]1C(=O)O. The molecule has 2 fully saturated rings. The molecule has 2 saturated heterocycles. The molecule has 2 atom stereocenters. The molecule has 7 nitrogen and oxygen atoms in total. The largest absolute Gasteiger partial charge is 0.480 e. The van der Waals surface area contributed by atoms with Gasteiger partial charge in [0.15, 0.2) is 0 Å². The first-order valence-corrected chi connectivity index (χ1v) is 7.14. The Labute approximate surface area is 118 Å². The highest BCUT2D eigenvalue weighted by Crippen LogP contribution is 2.19. The highest BCUT2D eigenvalue weighted by Gasteiger charge is 2.40. The van der Waals surface area contributed by atoms with E-state index in [-0.39, 0.29) is 19.0 Å². The van der Waals surface area contributed by atoms with E-state index < -0.39 is 18.1 Å². The van der Waals surface area contributed by atoms with Gasteiger partial charge in [0.25, 0.3) is 0 Å². The maximum absolute atomic E-state index is 12.3. The van der Waals surface area contributed by atoms with Crippen molar-refractivity contribution in [3.05, 3.63) is 0 Å². The summed E-state index contributed by atoms with van der Waals surface area (Å²) in [5, 5.41) is 18.7. The lowest BCUT2D eigenvalue weighted by atomic mass is 10.2. The maximum Gasteiger partial charge on any atom is 0.326 e. The van der Waals surface area contributed by atoms with Crippen molar-refractivity contribution in [3.8, 4) is 0 Å². The van der Waals surface area contributed by atoms with Gasteiger partial charge in [-0.3, -0.25) is 0 Å². The van der Waals surface area contributed by atoms with Gasteiger partial charge < -0.3 is 24.9 Å². The molecule has 0 saturated carbocycles. The fraction of sp³-hybridized carbons (Fsp3) is 0.846. The zero-order valence-corrected chi connectivity index (χ0v) is 11.9. The molecule has 0 radical (unpaired) electrons. The molecule has 0 aliphatic carbocycles. The van der Waals surface area contributed by atoms with Crippen molar-refractivity contribution in [1.82, 2.24) is 14.7 Å². The number of amides is 2. The zero-order valence-electron chi connectivity index (χ0n) is 11.9. The lowest BCUT2D eigenvalue weighted by Gasteiger charge is -2.28. The minimum atomic E-state index is -1.05. The Bertz CT molecular complexity index is 371. The van der Waals surface area contributed by atoms with Gasteiger partial charge in [0, 0.05) is 33.1 Å². The number of urea groups is 1. The Hall–Kier alpha value is -1.34. The minimum Gasteiger partial charge on any atom is -0.480 e. The van der Waals surface area contributed by atoms with E-state index in [9.17, 15) is 14.7 Å². The van der Waals surface area contributed by atoms with Crippen molar-refractivity contribution in [2.75, 3.05) is 39.8 Å². The van der Waals surface area contributed by atoms with Gasteiger partial charge in [-0.2, -0.15) is 0 Å². The van der Waals surface area contributed by atoms with Gasteiger partial charge in [0.1, 0.15) is 6.04 Å². The third-order valence-electron chi connectivity index (χ3n) is 4.09. The normalized spacial score (nSPS) is 27.0. The molecule has 114 valence electrons. The maximum atomic E-state index is 12.3. The number of carboxylic acid groups (broad SMARTS) is 1. The standard InChI is InChI=1S/C13H23N3O4/c1-14(6-7-15-4-2-3-5-15)13(20)16-9-10(17)8-11(16)12(18)19/h10-11,17H,2-9H2,1H3,(H,18,19)/t10-,11+/m1/s1. The molecule has 20 heavy (non-hydrogen) atoms. The number of hydrogen-bond donors (Lipinski definition) is 2. The Balaban J connectivity index is 1.86. The van der Waals surface area contributed by atoms with Crippen LogP contribution in [0.15, 0.2) is 0 Å². The highest BCUT2D eigenvalue weighted by molar-refractivity contribution is 5.83. The Morgan fingerprint density at radius 1 is 1.30 bits per heavy atom. The van der Waals surface area contributed by atoms with Crippen LogP contribution in [-0.2, 0) is 4.79 Å². The van der Waals surface area contributed by atoms with Crippen LogP contribution >= 0.6 is 0 Å². The van der Waals surface area contributed by atoms with Crippen LogP contribution in [-0.4, -0.2) is 88.8 Å². The van der Waals surface area contributed by atoms with Gasteiger partial charge in [-0.25, -0.2) is 9.59 Å². The third kappa shape index (κ3) is 3.40. The number of nitrogens with zero attached hydrogens (tertiary/aromatic N) is 3. The van der Waals surface area contributed by atoms with Crippen molar-refractivity contribution in [1.29, 1.82) is 0 Å². The number of hydrogen-bond acceptors (Lipinski definition) is 4. The second-order valence-electron chi connectivity index (χ2n) is 5.65. The molecule has 0 spiro atoms. The van der Waals surface area contributed by atoms with Gasteiger partial charge in [0.05, 0.1) is 6.10 Å². The summed E-state index contributed by atoms with van der Waals surface area (Å²) in [5.74, 6) is -1.05. The second-order valence-corrected chi connectivity index (χ2v) is 5.65. The van der Waals surface area contributed by atoms with E-state index in [1.165, 1.54) is 17.7 Å². The fourth-order valence-corrected chi connectivity index (χ4v) is 2.87. The highest BCUT2D eigenvalue weighted by atomic mass is 16.4. The first-order chi connectivity index (χ1) is 9.49. The van der Waals surface area contributed by atoms with Crippen LogP contribution in [0.25, 0.3) is 0 Å². The van der Waals surface area contributed by atoms with Crippen molar-refractivity contribution in [2.45, 2.75) is 31.4 Å². The first kappa shape index (κ1) is 15.1. The zero-order chi connectivity index (χ0) is 14.7. The van der Waals surface area contributed by atoms with Crippen LogP contribution in [0.4, 0.5) is 4.79 Å². The van der Waals surface area contributed by atoms with Crippen molar-refractivity contribution in [3.63, 3.8) is 0 Å². The lowest BCUT2D eigenvalue weighted by Crippen LogP contribution is -2.48. The smallest absolute Gasteiger partial charge is 0.326 e. The first-order valence-electron chi connectivity index (χ1n) is 7.14. The minimum absolute atomic E-state index is 0.101. The third-order valence-corrected chi connectivity index (χ3v) is 4.09. The summed E-state index contributed by atoms with van der Waals surface area (Å²) < 4.78 is 0. The van der Waals surface area contributed by atoms with E-state index in [0.717, 1.165) is 19.6 Å². The molecule has 0 aromatic carbocycles. The van der Waals surface area contributed by atoms with E-state index in [2.05, 4.69) is 4.90 Å². The number of rotatable bonds is 4. The molecule has 2 aliphatic rings. The van der Waals surface area contributed by atoms with E-state index >= 15 is 0 Å². The van der Waals surface area contributed by atoms with Crippen LogP contribution in [0.1, 0.15) is 19.3 Å². The summed E-state index contributed by atoms with van der Waals surface area (Å²) >= 11 is 0. The molecular weight excluding hydrogens is 262 g/mol. The number of aliphatic hydroxyl groups is 1. The molecule has 2 N–H and O–H groups in total. The molecular formula is C13H23N3O4. The van der Waals surface area contributed by atoms with E-state index in [1.807, 2.05) is 0 Å². The van der Waals surface area contributed by atoms with Crippen LogP contribution in [0.5, 0.6) is 0 Å². The summed E-state index contributed by atoms with van der Waals surface area (Å²) in [6, 6.07) is -1.22. The number of carboxylic acids is 1. The quantitative estimate of drug-likeness (QED) is 0.738. The predicted octanol–water partition coefficient (Wildman–Crippen LogP) is -0.346. The molecule has 2 heterocycles.